The Bertz CT molecular complexity index is 922. The Balaban J connectivity index is 1.87. The number of benzene rings is 3. The van der Waals surface area contributed by atoms with E-state index in [4.69, 9.17) is 33.0 Å². The van der Waals surface area contributed by atoms with Crippen molar-refractivity contribution >= 4 is 29.2 Å². The van der Waals surface area contributed by atoms with Crippen molar-refractivity contribution in [3.8, 4) is 22.6 Å². The summed E-state index contributed by atoms with van der Waals surface area (Å²) in [6.07, 6.45) is -0.0463. The minimum Gasteiger partial charge on any atom is -0.481 e. The van der Waals surface area contributed by atoms with Gasteiger partial charge in [-0.3, -0.25) is 4.79 Å². The van der Waals surface area contributed by atoms with Crippen LogP contribution in [0.5, 0.6) is 11.5 Å². The molecule has 0 bridgehead atoms. The van der Waals surface area contributed by atoms with Gasteiger partial charge in [-0.25, -0.2) is 0 Å². The van der Waals surface area contributed by atoms with Gasteiger partial charge in [0.15, 0.2) is 0 Å². The first kappa shape index (κ1) is 17.3. The predicted molar refractivity (Wildman–Crippen MR) is 99.8 cm³/mol. The molecule has 0 spiro atoms. The van der Waals surface area contributed by atoms with Crippen molar-refractivity contribution in [2.24, 2.45) is 0 Å². The van der Waals surface area contributed by atoms with Crippen LogP contribution >= 0.6 is 23.2 Å². The Hall–Kier alpha value is -2.49. The average molecular weight is 373 g/mol. The van der Waals surface area contributed by atoms with Crippen LogP contribution in [-0.2, 0) is 11.2 Å². The number of carbonyl (C=O) groups is 1. The molecule has 1 N–H and O–H groups in total. The molecule has 0 aliphatic carbocycles. The lowest BCUT2D eigenvalue weighted by Crippen LogP contribution is -1.99. The van der Waals surface area contributed by atoms with Gasteiger partial charge in [-0.1, -0.05) is 47.5 Å². The summed E-state index contributed by atoms with van der Waals surface area (Å²) < 4.78 is 5.86. The third kappa shape index (κ3) is 4.53. The second-order valence-corrected chi connectivity index (χ2v) is 6.32. The second-order valence-electron chi connectivity index (χ2n) is 5.47. The summed E-state index contributed by atoms with van der Waals surface area (Å²) in [6.45, 7) is 0. The van der Waals surface area contributed by atoms with Gasteiger partial charge in [0.25, 0.3) is 0 Å². The van der Waals surface area contributed by atoms with Crippen LogP contribution in [0.25, 0.3) is 11.1 Å². The first-order valence-corrected chi connectivity index (χ1v) is 8.31. The summed E-state index contributed by atoms with van der Waals surface area (Å²) in [7, 11) is 0. The van der Waals surface area contributed by atoms with Crippen LogP contribution in [0.2, 0.25) is 10.0 Å². The van der Waals surface area contributed by atoms with Crippen molar-refractivity contribution in [3.63, 3.8) is 0 Å². The number of hydrogen-bond donors (Lipinski definition) is 1. The summed E-state index contributed by atoms with van der Waals surface area (Å²) in [5.41, 5.74) is 2.38. The molecule has 0 unspecified atom stereocenters. The third-order valence-electron chi connectivity index (χ3n) is 3.56. The predicted octanol–water partition coefficient (Wildman–Crippen LogP) is 6.08. The lowest BCUT2D eigenvalue weighted by molar-refractivity contribution is -0.136. The first-order chi connectivity index (χ1) is 12.0. The van der Waals surface area contributed by atoms with Crippen LogP contribution in [0.3, 0.4) is 0 Å². The topological polar surface area (TPSA) is 46.5 Å². The molecule has 0 amide bonds. The van der Waals surface area contributed by atoms with Gasteiger partial charge >= 0.3 is 5.97 Å². The van der Waals surface area contributed by atoms with E-state index >= 15 is 0 Å². The first-order valence-electron chi connectivity index (χ1n) is 7.55. The summed E-state index contributed by atoms with van der Waals surface area (Å²) in [4.78, 5) is 10.8. The van der Waals surface area contributed by atoms with Crippen LogP contribution in [-0.4, -0.2) is 11.1 Å². The molecule has 0 aliphatic rings. The van der Waals surface area contributed by atoms with Crippen molar-refractivity contribution < 1.29 is 14.6 Å². The van der Waals surface area contributed by atoms with Crippen LogP contribution in [0.4, 0.5) is 0 Å². The van der Waals surface area contributed by atoms with Gasteiger partial charge in [0, 0.05) is 15.6 Å². The second kappa shape index (κ2) is 7.60. The molecule has 3 aromatic carbocycles. The lowest BCUT2D eigenvalue weighted by Gasteiger charge is -2.10. The Kier molecular flexibility index (Phi) is 5.27. The van der Waals surface area contributed by atoms with Crippen LogP contribution in [0.15, 0.2) is 66.7 Å². The molecule has 0 saturated heterocycles. The Labute approximate surface area is 155 Å². The number of rotatable bonds is 5. The monoisotopic (exact) mass is 372 g/mol. The highest BCUT2D eigenvalue weighted by atomic mass is 35.5. The molecule has 0 aromatic heterocycles. The molecule has 0 radical (unpaired) electrons. The number of carboxylic acids is 1. The molecule has 3 rings (SSSR count). The molecule has 126 valence electrons. The molecule has 5 heteroatoms. The van der Waals surface area contributed by atoms with Gasteiger partial charge in [-0.15, -0.1) is 0 Å². The minimum atomic E-state index is -0.880. The van der Waals surface area contributed by atoms with Crippen molar-refractivity contribution in [3.05, 3.63) is 82.3 Å². The molecule has 0 atom stereocenters. The SMILES string of the molecule is O=C(O)Cc1cccc(Oc2cccc(-c3cc(Cl)ccc3Cl)c2)c1. The highest BCUT2D eigenvalue weighted by Crippen LogP contribution is 2.33. The smallest absolute Gasteiger partial charge is 0.307 e. The van der Waals surface area contributed by atoms with E-state index in [0.29, 0.717) is 27.1 Å². The fraction of sp³-hybridized carbons (Fsp3) is 0.0500. The van der Waals surface area contributed by atoms with Gasteiger partial charge in [-0.2, -0.15) is 0 Å². The zero-order valence-electron chi connectivity index (χ0n) is 13.1. The van der Waals surface area contributed by atoms with E-state index in [2.05, 4.69) is 0 Å². The van der Waals surface area contributed by atoms with Gasteiger partial charge in [-0.05, 0) is 53.6 Å². The zero-order valence-corrected chi connectivity index (χ0v) is 14.6. The molecule has 0 aliphatic heterocycles. The number of ether oxygens (including phenoxy) is 1. The summed E-state index contributed by atoms with van der Waals surface area (Å²) in [5.74, 6) is 0.323. The highest BCUT2D eigenvalue weighted by molar-refractivity contribution is 6.35. The van der Waals surface area contributed by atoms with E-state index in [1.165, 1.54) is 0 Å². The molecule has 0 heterocycles. The van der Waals surface area contributed by atoms with Crippen molar-refractivity contribution in [1.82, 2.24) is 0 Å². The Morgan fingerprint density at radius 2 is 1.64 bits per heavy atom. The van der Waals surface area contributed by atoms with E-state index < -0.39 is 5.97 Å². The number of aliphatic carboxylic acids is 1. The minimum absolute atomic E-state index is 0.0463. The quantitative estimate of drug-likeness (QED) is 0.590. The highest BCUT2D eigenvalue weighted by Gasteiger charge is 2.07. The fourth-order valence-corrected chi connectivity index (χ4v) is 2.87. The van der Waals surface area contributed by atoms with E-state index in [0.717, 1.165) is 11.1 Å². The molecule has 3 nitrogen and oxygen atoms in total. The van der Waals surface area contributed by atoms with E-state index in [-0.39, 0.29) is 6.42 Å². The van der Waals surface area contributed by atoms with Crippen molar-refractivity contribution in [1.29, 1.82) is 0 Å². The standard InChI is InChI=1S/C20H14Cl2O3/c21-15-7-8-19(22)18(12-15)14-4-2-6-17(11-14)25-16-5-1-3-13(9-16)10-20(23)24/h1-9,11-12H,10H2,(H,23,24). The maximum Gasteiger partial charge on any atom is 0.307 e. The summed E-state index contributed by atoms with van der Waals surface area (Å²) in [5, 5.41) is 10.1. The molecule has 3 aromatic rings. The van der Waals surface area contributed by atoms with Gasteiger partial charge in [0.05, 0.1) is 6.42 Å². The van der Waals surface area contributed by atoms with Crippen LogP contribution < -0.4 is 4.74 Å². The third-order valence-corrected chi connectivity index (χ3v) is 4.13. The zero-order chi connectivity index (χ0) is 17.8. The van der Waals surface area contributed by atoms with E-state index in [9.17, 15) is 4.79 Å². The summed E-state index contributed by atoms with van der Waals surface area (Å²) in [6, 6.07) is 19.8. The van der Waals surface area contributed by atoms with Gasteiger partial charge in [0.1, 0.15) is 11.5 Å². The Morgan fingerprint density at radius 3 is 2.40 bits per heavy atom. The van der Waals surface area contributed by atoms with E-state index in [1.807, 2.05) is 24.3 Å². The number of hydrogen-bond acceptors (Lipinski definition) is 2. The Morgan fingerprint density at radius 1 is 0.920 bits per heavy atom. The maximum atomic E-state index is 10.8. The lowest BCUT2D eigenvalue weighted by atomic mass is 10.1. The fourth-order valence-electron chi connectivity index (χ4n) is 2.48. The molecule has 25 heavy (non-hydrogen) atoms. The van der Waals surface area contributed by atoms with E-state index in [1.54, 1.807) is 42.5 Å². The number of halogens is 2. The van der Waals surface area contributed by atoms with Gasteiger partial charge in [0.2, 0.25) is 0 Å². The van der Waals surface area contributed by atoms with Crippen molar-refractivity contribution in [2.75, 3.05) is 0 Å². The van der Waals surface area contributed by atoms with Crippen molar-refractivity contribution in [2.45, 2.75) is 6.42 Å². The number of carboxylic acid groups (broad SMARTS) is 1. The normalized spacial score (nSPS) is 10.5. The molecule has 0 fully saturated rings. The van der Waals surface area contributed by atoms with Crippen LogP contribution in [0.1, 0.15) is 5.56 Å². The maximum absolute atomic E-state index is 10.8. The van der Waals surface area contributed by atoms with Crippen LogP contribution in [0, 0.1) is 0 Å². The molecular formula is C20H14Cl2O3. The summed E-state index contributed by atoms with van der Waals surface area (Å²) >= 11 is 12.3. The molecular weight excluding hydrogens is 359 g/mol. The average Bonchev–Trinajstić information content (AvgIpc) is 2.57. The molecule has 0 saturated carbocycles. The largest absolute Gasteiger partial charge is 0.481 e. The van der Waals surface area contributed by atoms with Gasteiger partial charge < -0.3 is 9.84 Å².